The Morgan fingerprint density at radius 2 is 1.76 bits per heavy atom. The van der Waals surface area contributed by atoms with E-state index in [4.69, 9.17) is 4.74 Å². The molecule has 0 aliphatic rings. The minimum atomic E-state index is 0.195. The second kappa shape index (κ2) is 9.69. The maximum absolute atomic E-state index is 12.5. The highest BCUT2D eigenvalue weighted by molar-refractivity contribution is 5.97. The van der Waals surface area contributed by atoms with Gasteiger partial charge in [-0.25, -0.2) is 0 Å². The van der Waals surface area contributed by atoms with Gasteiger partial charge in [0.25, 0.3) is 0 Å². The lowest BCUT2D eigenvalue weighted by atomic mass is 10.0. The first-order chi connectivity index (χ1) is 10.2. The summed E-state index contributed by atoms with van der Waals surface area (Å²) in [5.74, 6) is 0.195. The highest BCUT2D eigenvalue weighted by Crippen LogP contribution is 2.12. The molecule has 0 bridgehead atoms. The van der Waals surface area contributed by atoms with Crippen molar-refractivity contribution in [2.24, 2.45) is 0 Å². The van der Waals surface area contributed by atoms with E-state index < -0.39 is 0 Å². The van der Waals surface area contributed by atoms with Crippen molar-refractivity contribution in [3.8, 4) is 0 Å². The molecule has 0 heterocycles. The van der Waals surface area contributed by atoms with E-state index in [-0.39, 0.29) is 5.78 Å². The minimum absolute atomic E-state index is 0.195. The zero-order valence-corrected chi connectivity index (χ0v) is 13.9. The second-order valence-corrected chi connectivity index (χ2v) is 5.41. The lowest BCUT2D eigenvalue weighted by Gasteiger charge is -2.29. The molecular formula is C18H29NO2. The van der Waals surface area contributed by atoms with Crippen molar-refractivity contribution in [2.75, 3.05) is 26.8 Å². The van der Waals surface area contributed by atoms with Gasteiger partial charge in [0.1, 0.15) is 0 Å². The van der Waals surface area contributed by atoms with Crippen LogP contribution in [-0.4, -0.2) is 43.5 Å². The Balaban J connectivity index is 2.73. The monoisotopic (exact) mass is 291 g/mol. The van der Waals surface area contributed by atoms with E-state index in [1.807, 2.05) is 24.3 Å². The average molecular weight is 291 g/mol. The van der Waals surface area contributed by atoms with Crippen LogP contribution in [0.25, 0.3) is 0 Å². The molecule has 0 N–H and O–H groups in total. The van der Waals surface area contributed by atoms with Crippen molar-refractivity contribution in [3.63, 3.8) is 0 Å². The van der Waals surface area contributed by atoms with E-state index >= 15 is 0 Å². The maximum atomic E-state index is 12.5. The smallest absolute Gasteiger partial charge is 0.176 e. The SMILES string of the molecule is CCc1ccc(C(=O)CN(CCOC)C(CC)CC)cc1. The van der Waals surface area contributed by atoms with Crippen LogP contribution in [0, 0.1) is 0 Å². The van der Waals surface area contributed by atoms with Crippen LogP contribution >= 0.6 is 0 Å². The first-order valence-corrected chi connectivity index (χ1v) is 8.01. The van der Waals surface area contributed by atoms with Gasteiger partial charge in [0.2, 0.25) is 0 Å². The molecule has 0 saturated carbocycles. The van der Waals surface area contributed by atoms with Crippen LogP contribution in [0.1, 0.15) is 49.5 Å². The molecule has 1 aromatic rings. The highest BCUT2D eigenvalue weighted by Gasteiger charge is 2.18. The molecule has 0 aliphatic heterocycles. The van der Waals surface area contributed by atoms with E-state index in [0.717, 1.165) is 31.4 Å². The number of ketones is 1. The van der Waals surface area contributed by atoms with Gasteiger partial charge in [-0.2, -0.15) is 0 Å². The summed E-state index contributed by atoms with van der Waals surface area (Å²) in [7, 11) is 1.70. The number of carbonyl (C=O) groups excluding carboxylic acids is 1. The molecule has 21 heavy (non-hydrogen) atoms. The van der Waals surface area contributed by atoms with Gasteiger partial charge in [-0.05, 0) is 24.8 Å². The third-order valence-corrected chi connectivity index (χ3v) is 4.07. The van der Waals surface area contributed by atoms with Crippen molar-refractivity contribution in [1.29, 1.82) is 0 Å². The molecule has 3 heteroatoms. The van der Waals surface area contributed by atoms with Gasteiger partial charge < -0.3 is 4.74 Å². The Hall–Kier alpha value is -1.19. The van der Waals surface area contributed by atoms with Crippen molar-refractivity contribution in [3.05, 3.63) is 35.4 Å². The third kappa shape index (κ3) is 5.60. The van der Waals surface area contributed by atoms with Gasteiger partial charge >= 0.3 is 0 Å². The molecule has 0 amide bonds. The summed E-state index contributed by atoms with van der Waals surface area (Å²) in [6.45, 7) is 8.42. The third-order valence-electron chi connectivity index (χ3n) is 4.07. The Morgan fingerprint density at radius 3 is 2.24 bits per heavy atom. The van der Waals surface area contributed by atoms with E-state index in [1.165, 1.54) is 5.56 Å². The van der Waals surface area contributed by atoms with Crippen molar-refractivity contribution < 1.29 is 9.53 Å². The first kappa shape index (κ1) is 17.9. The zero-order valence-electron chi connectivity index (χ0n) is 13.9. The van der Waals surface area contributed by atoms with Crippen LogP contribution in [0.15, 0.2) is 24.3 Å². The van der Waals surface area contributed by atoms with Gasteiger partial charge in [-0.3, -0.25) is 9.69 Å². The van der Waals surface area contributed by atoms with Crippen LogP contribution in [0.2, 0.25) is 0 Å². The van der Waals surface area contributed by atoms with Gasteiger partial charge in [0.05, 0.1) is 13.2 Å². The molecular weight excluding hydrogens is 262 g/mol. The van der Waals surface area contributed by atoms with Gasteiger partial charge in [0.15, 0.2) is 5.78 Å². The van der Waals surface area contributed by atoms with Gasteiger partial charge in [0, 0.05) is 25.3 Å². The van der Waals surface area contributed by atoms with E-state index in [0.29, 0.717) is 19.2 Å². The lowest BCUT2D eigenvalue weighted by molar-refractivity contribution is 0.0811. The quantitative estimate of drug-likeness (QED) is 0.617. The zero-order chi connectivity index (χ0) is 15.7. The number of benzene rings is 1. The summed E-state index contributed by atoms with van der Waals surface area (Å²) in [6.07, 6.45) is 3.12. The van der Waals surface area contributed by atoms with Crippen LogP contribution in [0.3, 0.4) is 0 Å². The summed E-state index contributed by atoms with van der Waals surface area (Å²) in [6, 6.07) is 8.43. The summed E-state index contributed by atoms with van der Waals surface area (Å²) in [4.78, 5) is 14.7. The summed E-state index contributed by atoms with van der Waals surface area (Å²) >= 11 is 0. The number of aryl methyl sites for hydroxylation is 1. The van der Waals surface area contributed by atoms with Crippen molar-refractivity contribution >= 4 is 5.78 Å². The van der Waals surface area contributed by atoms with E-state index in [9.17, 15) is 4.79 Å². The normalized spacial score (nSPS) is 11.3. The number of methoxy groups -OCH3 is 1. The fraction of sp³-hybridized carbons (Fsp3) is 0.611. The maximum Gasteiger partial charge on any atom is 0.176 e. The van der Waals surface area contributed by atoms with Crippen LogP contribution in [0.4, 0.5) is 0 Å². The summed E-state index contributed by atoms with van der Waals surface area (Å²) in [5, 5.41) is 0. The number of rotatable bonds is 10. The molecule has 0 saturated heterocycles. The summed E-state index contributed by atoms with van der Waals surface area (Å²) < 4.78 is 5.18. The van der Waals surface area contributed by atoms with E-state index in [1.54, 1.807) is 7.11 Å². The predicted octanol–water partition coefficient (Wildman–Crippen LogP) is 3.57. The molecule has 0 atom stereocenters. The standard InChI is InChI=1S/C18H29NO2/c1-5-15-8-10-16(11-9-15)18(20)14-19(12-13-21-4)17(6-2)7-3/h8-11,17H,5-7,12-14H2,1-4H3. The highest BCUT2D eigenvalue weighted by atomic mass is 16.5. The molecule has 1 rings (SSSR count). The first-order valence-electron chi connectivity index (χ1n) is 8.01. The Labute approximate surface area is 129 Å². The van der Waals surface area contributed by atoms with Crippen molar-refractivity contribution in [1.82, 2.24) is 4.90 Å². The molecule has 0 radical (unpaired) electrons. The minimum Gasteiger partial charge on any atom is -0.383 e. The molecule has 0 spiro atoms. The lowest BCUT2D eigenvalue weighted by Crippen LogP contribution is -2.40. The molecule has 1 aromatic carbocycles. The fourth-order valence-corrected chi connectivity index (χ4v) is 2.61. The Morgan fingerprint density at radius 1 is 1.14 bits per heavy atom. The second-order valence-electron chi connectivity index (χ2n) is 5.41. The predicted molar refractivity (Wildman–Crippen MR) is 88.0 cm³/mol. The Kier molecular flexibility index (Phi) is 8.24. The van der Waals surface area contributed by atoms with Gasteiger partial charge in [-0.15, -0.1) is 0 Å². The van der Waals surface area contributed by atoms with Crippen LogP contribution in [0.5, 0.6) is 0 Å². The number of hydrogen-bond acceptors (Lipinski definition) is 3. The molecule has 0 fully saturated rings. The fourth-order valence-electron chi connectivity index (χ4n) is 2.61. The number of hydrogen-bond donors (Lipinski definition) is 0. The molecule has 0 aromatic heterocycles. The topological polar surface area (TPSA) is 29.5 Å². The average Bonchev–Trinajstić information content (AvgIpc) is 2.53. The van der Waals surface area contributed by atoms with Crippen molar-refractivity contribution in [2.45, 2.75) is 46.1 Å². The van der Waals surface area contributed by atoms with Crippen LogP contribution < -0.4 is 0 Å². The number of nitrogens with zero attached hydrogens (tertiary/aromatic N) is 1. The van der Waals surface area contributed by atoms with E-state index in [2.05, 4.69) is 25.7 Å². The molecule has 3 nitrogen and oxygen atoms in total. The molecule has 118 valence electrons. The number of carbonyl (C=O) groups is 1. The summed E-state index contributed by atoms with van der Waals surface area (Å²) in [5.41, 5.74) is 2.07. The molecule has 0 unspecified atom stereocenters. The Bertz CT molecular complexity index is 410. The van der Waals surface area contributed by atoms with Crippen LogP contribution in [-0.2, 0) is 11.2 Å². The van der Waals surface area contributed by atoms with Gasteiger partial charge in [-0.1, -0.05) is 45.0 Å². The number of ether oxygens (including phenoxy) is 1. The molecule has 0 aliphatic carbocycles. The number of Topliss-reactive ketones (excluding diaryl/α,β-unsaturated/α-hetero) is 1. The largest absolute Gasteiger partial charge is 0.383 e.